The lowest BCUT2D eigenvalue weighted by Gasteiger charge is -2.31. The number of methoxy groups -OCH3 is 1. The number of amides is 1. The summed E-state index contributed by atoms with van der Waals surface area (Å²) in [6.45, 7) is 6.09. The van der Waals surface area contributed by atoms with Crippen LogP contribution in [-0.4, -0.2) is 51.8 Å². The molecule has 0 bridgehead atoms. The van der Waals surface area contributed by atoms with Gasteiger partial charge in [0.2, 0.25) is 15.9 Å². The quantitative estimate of drug-likeness (QED) is 0.272. The Balaban J connectivity index is 2.22. The summed E-state index contributed by atoms with van der Waals surface area (Å²) in [7, 11) is -2.68. The monoisotopic (exact) mass is 493 g/mol. The molecule has 0 saturated carbocycles. The molecule has 0 aliphatic heterocycles. The van der Waals surface area contributed by atoms with Gasteiger partial charge in [0.1, 0.15) is 29.8 Å². The summed E-state index contributed by atoms with van der Waals surface area (Å²) in [5, 5.41) is 14.0. The van der Waals surface area contributed by atoms with Crippen molar-refractivity contribution in [1.29, 1.82) is 0 Å². The molecule has 34 heavy (non-hydrogen) atoms. The number of para-hydroxylation sites is 1. The van der Waals surface area contributed by atoms with Crippen LogP contribution in [0.4, 0.5) is 11.4 Å². The first kappa shape index (κ1) is 26.9. The molecule has 10 nitrogen and oxygen atoms in total. The maximum atomic E-state index is 13.0. The van der Waals surface area contributed by atoms with Gasteiger partial charge in [0, 0.05) is 12.1 Å². The van der Waals surface area contributed by atoms with Crippen molar-refractivity contribution < 1.29 is 27.6 Å². The summed E-state index contributed by atoms with van der Waals surface area (Å²) < 4.78 is 37.3. The lowest BCUT2D eigenvalue weighted by Crippen LogP contribution is -2.50. The van der Waals surface area contributed by atoms with Crippen LogP contribution in [0.1, 0.15) is 38.7 Å². The molecular weight excluding hydrogens is 462 g/mol. The molecule has 0 fully saturated rings. The molecule has 0 spiro atoms. The van der Waals surface area contributed by atoms with Gasteiger partial charge in [0.05, 0.1) is 24.8 Å². The number of nitrogens with one attached hydrogen (secondary N) is 1. The van der Waals surface area contributed by atoms with E-state index < -0.39 is 26.9 Å². The van der Waals surface area contributed by atoms with E-state index in [0.29, 0.717) is 0 Å². The molecule has 0 radical (unpaired) electrons. The van der Waals surface area contributed by atoms with Crippen molar-refractivity contribution in [3.8, 4) is 11.5 Å². The van der Waals surface area contributed by atoms with Crippen LogP contribution in [0.5, 0.6) is 11.5 Å². The molecule has 1 amide bonds. The smallest absolute Gasteiger partial charge is 0.271 e. The van der Waals surface area contributed by atoms with Crippen LogP contribution in [0.2, 0.25) is 0 Å². The zero-order chi connectivity index (χ0) is 25.5. The fourth-order valence-corrected chi connectivity index (χ4v) is 4.75. The van der Waals surface area contributed by atoms with Gasteiger partial charge in [-0.2, -0.15) is 0 Å². The van der Waals surface area contributed by atoms with Gasteiger partial charge in [-0.05, 0) is 30.0 Å². The van der Waals surface area contributed by atoms with Crippen molar-refractivity contribution in [2.24, 2.45) is 0 Å². The van der Waals surface area contributed by atoms with Crippen LogP contribution in [0, 0.1) is 10.1 Å². The Morgan fingerprint density at radius 3 is 2.41 bits per heavy atom. The fraction of sp³-hybridized carbons (Fsp3) is 0.435. The molecule has 0 aliphatic rings. The highest BCUT2D eigenvalue weighted by Crippen LogP contribution is 2.35. The average Bonchev–Trinajstić information content (AvgIpc) is 2.78. The van der Waals surface area contributed by atoms with E-state index >= 15 is 0 Å². The Bertz CT molecular complexity index is 1120. The largest absolute Gasteiger partial charge is 0.495 e. The maximum Gasteiger partial charge on any atom is 0.271 e. The summed E-state index contributed by atoms with van der Waals surface area (Å²) in [6.07, 6.45) is 1.06. The van der Waals surface area contributed by atoms with Gasteiger partial charge in [-0.25, -0.2) is 8.42 Å². The second-order valence-electron chi connectivity index (χ2n) is 7.93. The van der Waals surface area contributed by atoms with Crippen LogP contribution in [0.15, 0.2) is 42.5 Å². The van der Waals surface area contributed by atoms with E-state index in [9.17, 15) is 23.3 Å². The summed E-state index contributed by atoms with van der Waals surface area (Å²) in [6, 6.07) is 10.1. The summed E-state index contributed by atoms with van der Waals surface area (Å²) in [5.41, 5.74) is 0.640. The Morgan fingerprint density at radius 2 is 1.85 bits per heavy atom. The number of rotatable bonds is 12. The van der Waals surface area contributed by atoms with Gasteiger partial charge < -0.3 is 14.8 Å². The lowest BCUT2D eigenvalue weighted by atomic mass is 10.0. The van der Waals surface area contributed by atoms with Gasteiger partial charge in [-0.1, -0.05) is 39.0 Å². The van der Waals surface area contributed by atoms with Crippen LogP contribution >= 0.6 is 0 Å². The van der Waals surface area contributed by atoms with Gasteiger partial charge in [0.15, 0.2) is 0 Å². The third-order valence-electron chi connectivity index (χ3n) is 5.14. The number of nitro groups is 1. The molecule has 0 unspecified atom stereocenters. The highest BCUT2D eigenvalue weighted by Gasteiger charge is 2.34. The van der Waals surface area contributed by atoms with Gasteiger partial charge >= 0.3 is 0 Å². The van der Waals surface area contributed by atoms with Gasteiger partial charge in [-0.15, -0.1) is 0 Å². The number of nitro benzene ring substituents is 1. The number of sulfonamides is 1. The average molecular weight is 494 g/mol. The number of hydrogen-bond donors (Lipinski definition) is 1. The van der Waals surface area contributed by atoms with Gasteiger partial charge in [-0.3, -0.25) is 19.2 Å². The second-order valence-corrected chi connectivity index (χ2v) is 9.79. The molecule has 0 aromatic heterocycles. The predicted molar refractivity (Wildman–Crippen MR) is 130 cm³/mol. The SMILES string of the molecule is CC[C@H](C(=O)NCCOc1ccccc1C(C)C)N(c1cc([N+](=O)[O-])ccc1OC)S(C)(=O)=O. The lowest BCUT2D eigenvalue weighted by molar-refractivity contribution is -0.384. The molecular formula is C23H31N3O7S. The van der Waals surface area contributed by atoms with Crippen LogP contribution in [0.3, 0.4) is 0 Å². The molecule has 1 N–H and O–H groups in total. The minimum atomic E-state index is -4.00. The summed E-state index contributed by atoms with van der Waals surface area (Å²) in [4.78, 5) is 23.6. The number of ether oxygens (including phenoxy) is 2. The summed E-state index contributed by atoms with van der Waals surface area (Å²) in [5.74, 6) is 0.527. The Labute approximate surface area is 200 Å². The first-order valence-corrected chi connectivity index (χ1v) is 12.7. The highest BCUT2D eigenvalue weighted by molar-refractivity contribution is 7.92. The van der Waals surface area contributed by atoms with Crippen molar-refractivity contribution in [3.05, 3.63) is 58.1 Å². The van der Waals surface area contributed by atoms with Gasteiger partial charge in [0.25, 0.3) is 5.69 Å². The van der Waals surface area contributed by atoms with E-state index in [0.717, 1.165) is 27.9 Å². The third-order valence-corrected chi connectivity index (χ3v) is 6.31. The Hall–Kier alpha value is -3.34. The first-order chi connectivity index (χ1) is 16.0. The third kappa shape index (κ3) is 6.60. The van der Waals surface area contributed by atoms with Crippen molar-refractivity contribution in [2.45, 2.75) is 39.2 Å². The topological polar surface area (TPSA) is 128 Å². The number of anilines is 1. The van der Waals surface area contributed by atoms with E-state index in [4.69, 9.17) is 9.47 Å². The van der Waals surface area contributed by atoms with Crippen LogP contribution in [0.25, 0.3) is 0 Å². The number of non-ortho nitro benzene ring substituents is 1. The second kappa shape index (κ2) is 11.7. The van der Waals surface area contributed by atoms with Crippen molar-refractivity contribution >= 4 is 27.3 Å². The molecule has 0 aliphatic carbocycles. The normalized spacial score (nSPS) is 12.2. The zero-order valence-electron chi connectivity index (χ0n) is 20.0. The van der Waals surface area contributed by atoms with E-state index in [1.54, 1.807) is 6.92 Å². The minimum Gasteiger partial charge on any atom is -0.495 e. The molecule has 186 valence electrons. The van der Waals surface area contributed by atoms with E-state index in [-0.39, 0.29) is 42.6 Å². The highest BCUT2D eigenvalue weighted by atomic mass is 32.2. The number of benzene rings is 2. The van der Waals surface area contributed by atoms with E-state index in [1.165, 1.54) is 19.2 Å². The molecule has 2 aromatic carbocycles. The Morgan fingerprint density at radius 1 is 1.18 bits per heavy atom. The predicted octanol–water partition coefficient (Wildman–Crippen LogP) is 3.47. The number of hydrogen-bond acceptors (Lipinski definition) is 7. The zero-order valence-corrected chi connectivity index (χ0v) is 20.8. The molecule has 2 aromatic rings. The van der Waals surface area contributed by atoms with Crippen molar-refractivity contribution in [2.75, 3.05) is 30.8 Å². The molecule has 0 heterocycles. The van der Waals surface area contributed by atoms with Crippen molar-refractivity contribution in [1.82, 2.24) is 5.32 Å². The van der Waals surface area contributed by atoms with E-state index in [1.807, 2.05) is 24.3 Å². The first-order valence-electron chi connectivity index (χ1n) is 10.8. The van der Waals surface area contributed by atoms with Crippen LogP contribution in [-0.2, 0) is 14.8 Å². The summed E-state index contributed by atoms with van der Waals surface area (Å²) >= 11 is 0. The standard InChI is InChI=1S/C23H31N3O7S/c1-6-19(23(27)24-13-14-33-21-10-8-7-9-18(21)16(2)3)25(34(5,30)31)20-15-17(26(28)29)11-12-22(20)32-4/h7-12,15-16,19H,6,13-14H2,1-5H3,(H,24,27)/t19-/m1/s1. The number of carbonyl (C=O) groups is 1. The molecule has 0 saturated heterocycles. The fourth-order valence-electron chi connectivity index (χ4n) is 3.54. The molecule has 2 rings (SSSR count). The molecule has 1 atom stereocenters. The number of carbonyl (C=O) groups excluding carboxylic acids is 1. The minimum absolute atomic E-state index is 0.0803. The maximum absolute atomic E-state index is 13.0. The molecule has 11 heteroatoms. The number of nitrogens with zero attached hydrogens (tertiary/aromatic N) is 2. The van der Waals surface area contributed by atoms with E-state index in [2.05, 4.69) is 19.2 Å². The van der Waals surface area contributed by atoms with Crippen LogP contribution < -0.4 is 19.1 Å². The Kier molecular flexibility index (Phi) is 9.25. The van der Waals surface area contributed by atoms with Crippen molar-refractivity contribution in [3.63, 3.8) is 0 Å².